The SMILES string of the molecule is C=C1/C(=C\C(Cl)=C/C)CCC[C@]12COc1ccc3cc1N(C[C@@H]1CC[C@H]1[C@](CN1CCN4CCS(=O)(=O)C[C@@H]4C1)(OCC)/C=C/C[C@H](C)[C@@H](C)S(=O)(=O)NC3=O)C2. The number of hydrogen-bond acceptors (Lipinski definition) is 10. The summed E-state index contributed by atoms with van der Waals surface area (Å²) in [6.07, 6.45) is 13.3. The van der Waals surface area contributed by atoms with Crippen LogP contribution in [-0.4, -0.2) is 120 Å². The molecule has 1 aromatic rings. The average Bonchev–Trinajstić information content (AvgIpc) is 3.30. The molecule has 4 fully saturated rings. The molecule has 1 aromatic carbocycles. The molecule has 4 heterocycles. The number of halogens is 1. The van der Waals surface area contributed by atoms with Gasteiger partial charge >= 0.3 is 0 Å². The Bertz CT molecular complexity index is 2040. The number of nitrogens with zero attached hydrogens (tertiary/aromatic N) is 3. The summed E-state index contributed by atoms with van der Waals surface area (Å²) in [5.41, 5.74) is 2.06. The standard InChI is InChI=1S/C43H61ClN4O7S2/c1-6-36(44)22-33-11-9-16-42(31(33)4)27-48-24-35-12-14-38(35)43(55-7-2,28-46-18-19-47-20-21-56(50,51)26-37(47)25-46)17-8-10-30(3)32(5)57(52,53)45-41(49)34-13-15-40(54-29-42)39(48)23-34/h6,8,13,15,17,22-23,30,32,35,37-38H,4,7,9-12,14,16,18-21,24-29H2,1-3,5H3,(H,45,49)/b17-8+,33-22-,36-6+/t30-,32+,35-,37-,38+,42-,43-/m0/s1. The number of carbonyl (C=O) groups is 1. The van der Waals surface area contributed by atoms with Gasteiger partial charge in [-0.25, -0.2) is 21.6 Å². The van der Waals surface area contributed by atoms with Gasteiger partial charge in [0.2, 0.25) is 10.0 Å². The van der Waals surface area contributed by atoms with Crippen LogP contribution in [0.2, 0.25) is 0 Å². The summed E-state index contributed by atoms with van der Waals surface area (Å²) >= 11 is 6.54. The van der Waals surface area contributed by atoms with Gasteiger partial charge < -0.3 is 14.4 Å². The van der Waals surface area contributed by atoms with Crippen molar-refractivity contribution in [2.45, 2.75) is 83.1 Å². The Morgan fingerprint density at radius 1 is 1.14 bits per heavy atom. The number of sulfonamides is 1. The third-order valence-electron chi connectivity index (χ3n) is 13.9. The molecule has 11 nitrogen and oxygen atoms in total. The summed E-state index contributed by atoms with van der Waals surface area (Å²) in [4.78, 5) is 20.8. The lowest BCUT2D eigenvalue weighted by molar-refractivity contribution is -0.114. The van der Waals surface area contributed by atoms with Gasteiger partial charge in [0.1, 0.15) is 11.4 Å². The third kappa shape index (κ3) is 8.80. The highest BCUT2D eigenvalue weighted by Gasteiger charge is 2.51. The molecule has 2 saturated heterocycles. The maximum absolute atomic E-state index is 13.7. The molecule has 0 radical (unpaired) electrons. The second kappa shape index (κ2) is 16.8. The van der Waals surface area contributed by atoms with Crippen molar-refractivity contribution < 1.29 is 31.1 Å². The van der Waals surface area contributed by atoms with E-state index in [0.717, 1.165) is 62.0 Å². The van der Waals surface area contributed by atoms with Gasteiger partial charge in [0, 0.05) is 74.5 Å². The van der Waals surface area contributed by atoms with Gasteiger partial charge in [0.25, 0.3) is 5.91 Å². The number of rotatable bonds is 5. The highest BCUT2D eigenvalue weighted by Crippen LogP contribution is 2.51. The third-order valence-corrected chi connectivity index (χ3v) is 17.9. The van der Waals surface area contributed by atoms with E-state index in [-0.39, 0.29) is 40.9 Å². The maximum atomic E-state index is 13.7. The lowest BCUT2D eigenvalue weighted by Gasteiger charge is -2.53. The Morgan fingerprint density at radius 2 is 1.95 bits per heavy atom. The monoisotopic (exact) mass is 844 g/mol. The summed E-state index contributed by atoms with van der Waals surface area (Å²) in [6, 6.07) is 5.19. The zero-order chi connectivity index (χ0) is 40.8. The minimum atomic E-state index is -4.02. The number of allylic oxidation sites excluding steroid dienone is 5. The molecular formula is C43H61ClN4O7S2. The van der Waals surface area contributed by atoms with E-state index in [1.165, 1.54) is 0 Å². The topological polar surface area (TPSA) is 126 Å². The van der Waals surface area contributed by atoms with E-state index in [4.69, 9.17) is 21.1 Å². The smallest absolute Gasteiger partial charge is 0.264 e. The summed E-state index contributed by atoms with van der Waals surface area (Å²) < 4.78 is 68.8. The lowest BCUT2D eigenvalue weighted by Crippen LogP contribution is -2.63. The van der Waals surface area contributed by atoms with E-state index in [2.05, 4.69) is 38.2 Å². The predicted octanol–water partition coefficient (Wildman–Crippen LogP) is 5.94. The van der Waals surface area contributed by atoms with Crippen molar-refractivity contribution in [3.8, 4) is 5.75 Å². The van der Waals surface area contributed by atoms with Crippen molar-refractivity contribution >= 4 is 43.1 Å². The van der Waals surface area contributed by atoms with Crippen LogP contribution in [0.3, 0.4) is 0 Å². The molecule has 1 spiro atoms. The Balaban J connectivity index is 1.29. The maximum Gasteiger partial charge on any atom is 0.264 e. The first kappa shape index (κ1) is 42.4. The summed E-state index contributed by atoms with van der Waals surface area (Å²) in [7, 11) is -7.11. The minimum absolute atomic E-state index is 0.0472. The van der Waals surface area contributed by atoms with Gasteiger partial charge in [0.05, 0.1) is 29.0 Å². The number of benzene rings is 1. The Morgan fingerprint density at radius 3 is 2.68 bits per heavy atom. The van der Waals surface area contributed by atoms with Gasteiger partial charge in [-0.2, -0.15) is 0 Å². The normalized spacial score (nSPS) is 36.3. The van der Waals surface area contributed by atoms with Crippen molar-refractivity contribution in [2.24, 2.45) is 23.2 Å². The van der Waals surface area contributed by atoms with Crippen LogP contribution in [0.1, 0.15) is 76.6 Å². The van der Waals surface area contributed by atoms with E-state index >= 15 is 0 Å². The second-order valence-electron chi connectivity index (χ2n) is 17.5. The van der Waals surface area contributed by atoms with E-state index in [1.54, 1.807) is 25.1 Å². The van der Waals surface area contributed by atoms with Crippen LogP contribution in [-0.2, 0) is 24.6 Å². The molecule has 4 aliphatic heterocycles. The van der Waals surface area contributed by atoms with Crippen LogP contribution in [0, 0.1) is 23.2 Å². The molecule has 0 unspecified atom stereocenters. The van der Waals surface area contributed by atoms with Crippen molar-refractivity contribution in [3.63, 3.8) is 0 Å². The number of carbonyl (C=O) groups excluding carboxylic acids is 1. The highest BCUT2D eigenvalue weighted by atomic mass is 35.5. The Kier molecular flexibility index (Phi) is 12.5. The van der Waals surface area contributed by atoms with Gasteiger partial charge in [-0.1, -0.05) is 43.3 Å². The summed E-state index contributed by atoms with van der Waals surface area (Å²) in [5, 5.41) is -0.168. The van der Waals surface area contributed by atoms with Crippen LogP contribution in [0.15, 0.2) is 65.3 Å². The summed E-state index contributed by atoms with van der Waals surface area (Å²) in [6.45, 7) is 17.9. The van der Waals surface area contributed by atoms with Gasteiger partial charge in [-0.15, -0.1) is 0 Å². The largest absolute Gasteiger partial charge is 0.490 e. The number of nitrogens with one attached hydrogen (secondary N) is 1. The molecule has 14 heteroatoms. The number of ether oxygens (including phenoxy) is 2. The number of piperazine rings is 1. The molecule has 57 heavy (non-hydrogen) atoms. The molecule has 0 aromatic heterocycles. The average molecular weight is 846 g/mol. The van der Waals surface area contributed by atoms with Crippen LogP contribution in [0.5, 0.6) is 5.75 Å². The van der Waals surface area contributed by atoms with Crippen LogP contribution >= 0.6 is 11.6 Å². The van der Waals surface area contributed by atoms with Crippen LogP contribution in [0.4, 0.5) is 5.69 Å². The van der Waals surface area contributed by atoms with Crippen LogP contribution in [0.25, 0.3) is 0 Å². The van der Waals surface area contributed by atoms with Crippen molar-refractivity contribution in [1.82, 2.24) is 14.5 Å². The highest BCUT2D eigenvalue weighted by molar-refractivity contribution is 7.91. The minimum Gasteiger partial charge on any atom is -0.490 e. The molecule has 1 N–H and O–H groups in total. The molecule has 6 aliphatic rings. The first-order valence-electron chi connectivity index (χ1n) is 20.9. The van der Waals surface area contributed by atoms with E-state index in [0.29, 0.717) is 63.1 Å². The van der Waals surface area contributed by atoms with Crippen LogP contribution < -0.4 is 14.4 Å². The molecule has 7 rings (SSSR count). The molecular weight excluding hydrogens is 784 g/mol. The Labute approximate surface area is 345 Å². The second-order valence-corrected chi connectivity index (χ2v) is 22.2. The number of sulfone groups is 1. The molecule has 1 amide bonds. The molecule has 2 aliphatic carbocycles. The first-order chi connectivity index (χ1) is 27.1. The van der Waals surface area contributed by atoms with Crippen molar-refractivity contribution in [2.75, 3.05) is 75.4 Å². The quantitative estimate of drug-likeness (QED) is 0.356. The number of anilines is 1. The number of amides is 1. The Hall–Kier alpha value is -2.68. The fourth-order valence-corrected chi connectivity index (χ4v) is 13.2. The van der Waals surface area contributed by atoms with E-state index in [1.807, 2.05) is 32.9 Å². The predicted molar refractivity (Wildman–Crippen MR) is 227 cm³/mol. The van der Waals surface area contributed by atoms with Gasteiger partial charge in [0.15, 0.2) is 9.84 Å². The van der Waals surface area contributed by atoms with E-state index < -0.39 is 42.0 Å². The fourth-order valence-electron chi connectivity index (χ4n) is 10.2. The van der Waals surface area contributed by atoms with Gasteiger partial charge in [-0.3, -0.25) is 14.6 Å². The molecule has 2 saturated carbocycles. The molecule has 2 bridgehead atoms. The fraction of sp³-hybridized carbons (Fsp3) is 0.651. The first-order valence-corrected chi connectivity index (χ1v) is 24.6. The van der Waals surface area contributed by atoms with Gasteiger partial charge in [-0.05, 0) is 112 Å². The zero-order valence-corrected chi connectivity index (χ0v) is 36.4. The number of hydrogen-bond donors (Lipinski definition) is 1. The molecule has 314 valence electrons. The number of fused-ring (bicyclic) bond motifs is 3. The molecule has 7 atom stereocenters. The zero-order valence-electron chi connectivity index (χ0n) is 34.0. The van der Waals surface area contributed by atoms with Crippen molar-refractivity contribution in [1.29, 1.82) is 0 Å². The summed E-state index contributed by atoms with van der Waals surface area (Å²) in [5.74, 6) is 0.468. The van der Waals surface area contributed by atoms with E-state index in [9.17, 15) is 21.6 Å². The lowest BCUT2D eigenvalue weighted by atomic mass is 9.63. The van der Waals surface area contributed by atoms with Crippen molar-refractivity contribution in [3.05, 3.63) is 70.8 Å².